The van der Waals surface area contributed by atoms with E-state index < -0.39 is 29.6 Å². The number of ether oxygens (including phenoxy) is 1. The second-order valence-corrected chi connectivity index (χ2v) is 11.6. The summed E-state index contributed by atoms with van der Waals surface area (Å²) >= 11 is 1.58. The van der Waals surface area contributed by atoms with Gasteiger partial charge in [0.2, 0.25) is 6.54 Å². The Hall–Kier alpha value is -4.68. The molecule has 0 saturated heterocycles. The Morgan fingerprint density at radius 3 is 2.22 bits per heavy atom. The van der Waals surface area contributed by atoms with E-state index in [1.807, 2.05) is 78.7 Å². The predicted octanol–water partition coefficient (Wildman–Crippen LogP) is 7.59. The number of benzene rings is 4. The quantitative estimate of drug-likeness (QED) is 0.122. The number of nitrogens with one attached hydrogen (secondary N) is 1. The molecule has 4 rings (SSSR count). The highest BCUT2D eigenvalue weighted by molar-refractivity contribution is 7.98. The third-order valence-corrected chi connectivity index (χ3v) is 8.04. The molecule has 0 saturated carbocycles. The Balaban J connectivity index is 1.74. The molecule has 0 aliphatic rings. The summed E-state index contributed by atoms with van der Waals surface area (Å²) in [6.07, 6.45) is 2.36. The Kier molecular flexibility index (Phi) is 11.7. The molecule has 0 bridgehead atoms. The summed E-state index contributed by atoms with van der Waals surface area (Å²) in [5.41, 5.74) is 5.94. The normalized spacial score (nSPS) is 11.4. The van der Waals surface area contributed by atoms with Crippen molar-refractivity contribution in [2.45, 2.75) is 39.0 Å². The highest BCUT2D eigenvalue weighted by Crippen LogP contribution is 2.30. The van der Waals surface area contributed by atoms with Gasteiger partial charge >= 0.3 is 5.97 Å². The molecule has 0 aliphatic heterocycles. The van der Waals surface area contributed by atoms with Crippen LogP contribution in [0.2, 0.25) is 0 Å². The van der Waals surface area contributed by atoms with E-state index in [1.165, 1.54) is 19.2 Å². The SMILES string of the molecule is [C-]#[N+]Cc1ccc(N(Cc2cc(F)cc(F)c2)Cc2ccc(C(=O)N[C@@H](CCSC)C(=O)OC)c(-c3ccccc3C)c2)cc1. The lowest BCUT2D eigenvalue weighted by Gasteiger charge is -2.26. The molecular weight excluding hydrogens is 592 g/mol. The van der Waals surface area contributed by atoms with Crippen molar-refractivity contribution in [3.8, 4) is 11.1 Å². The number of carbonyl (C=O) groups excluding carboxylic acids is 2. The second kappa shape index (κ2) is 15.9. The van der Waals surface area contributed by atoms with Crippen LogP contribution >= 0.6 is 11.8 Å². The molecule has 1 amide bonds. The first-order valence-electron chi connectivity index (χ1n) is 14.4. The van der Waals surface area contributed by atoms with Gasteiger partial charge in [0.25, 0.3) is 5.91 Å². The maximum absolute atomic E-state index is 14.1. The fraction of sp³-hybridized carbons (Fsp3) is 0.250. The maximum Gasteiger partial charge on any atom is 0.328 e. The fourth-order valence-corrected chi connectivity index (χ4v) is 5.60. The minimum Gasteiger partial charge on any atom is -0.467 e. The zero-order valence-corrected chi connectivity index (χ0v) is 26.3. The van der Waals surface area contributed by atoms with Gasteiger partial charge in [-0.1, -0.05) is 30.3 Å². The van der Waals surface area contributed by atoms with E-state index in [-0.39, 0.29) is 13.1 Å². The number of hydrogen-bond acceptors (Lipinski definition) is 5. The summed E-state index contributed by atoms with van der Waals surface area (Å²) in [6.45, 7) is 9.96. The molecule has 9 heteroatoms. The van der Waals surface area contributed by atoms with E-state index in [2.05, 4.69) is 10.2 Å². The standard InChI is InChI=1S/C36H35F2N3O3S/c1-24-7-5-6-8-31(24)33-19-26(11-14-32(33)35(42)40-34(15-16-45-4)36(43)44-3)22-41(23-27-17-28(37)20-29(38)18-27)30-12-9-25(10-13-30)21-39-2/h5-14,17-20,34H,15-16,21-23H2,1,3-4H3,(H,40,42)/t34-/m0/s1. The molecule has 0 fully saturated rings. The molecule has 4 aromatic carbocycles. The van der Waals surface area contributed by atoms with E-state index in [0.29, 0.717) is 35.4 Å². The second-order valence-electron chi connectivity index (χ2n) is 10.6. The molecule has 1 N–H and O–H groups in total. The summed E-state index contributed by atoms with van der Waals surface area (Å²) < 4.78 is 33.2. The number of nitrogens with zero attached hydrogens (tertiary/aromatic N) is 2. The van der Waals surface area contributed by atoms with Crippen LogP contribution in [0.25, 0.3) is 16.0 Å². The van der Waals surface area contributed by atoms with Crippen molar-refractivity contribution in [2.24, 2.45) is 0 Å². The Morgan fingerprint density at radius 2 is 1.58 bits per heavy atom. The van der Waals surface area contributed by atoms with E-state index in [0.717, 1.165) is 34.0 Å². The van der Waals surface area contributed by atoms with Crippen LogP contribution < -0.4 is 10.2 Å². The number of esters is 1. The van der Waals surface area contributed by atoms with Crippen LogP contribution in [0.1, 0.15) is 39.0 Å². The third kappa shape index (κ3) is 8.93. The highest BCUT2D eigenvalue weighted by Gasteiger charge is 2.24. The zero-order valence-electron chi connectivity index (χ0n) is 25.5. The summed E-state index contributed by atoms with van der Waals surface area (Å²) in [5, 5.41) is 2.86. The summed E-state index contributed by atoms with van der Waals surface area (Å²) in [7, 11) is 1.30. The van der Waals surface area contributed by atoms with Crippen LogP contribution in [0.15, 0.2) is 84.9 Å². The molecule has 0 aromatic heterocycles. The van der Waals surface area contributed by atoms with Gasteiger partial charge in [0.1, 0.15) is 17.7 Å². The topological polar surface area (TPSA) is 63.0 Å². The predicted molar refractivity (Wildman–Crippen MR) is 176 cm³/mol. The fourth-order valence-electron chi connectivity index (χ4n) is 5.13. The van der Waals surface area contributed by atoms with Crippen molar-refractivity contribution in [1.29, 1.82) is 0 Å². The van der Waals surface area contributed by atoms with E-state index >= 15 is 0 Å². The minimum atomic E-state index is -0.785. The average molecular weight is 628 g/mol. The smallest absolute Gasteiger partial charge is 0.328 e. The highest BCUT2D eigenvalue weighted by atomic mass is 32.2. The number of methoxy groups -OCH3 is 1. The van der Waals surface area contributed by atoms with Gasteiger partial charge in [0.05, 0.1) is 7.11 Å². The monoisotopic (exact) mass is 627 g/mol. The number of amides is 1. The number of hydrogen-bond donors (Lipinski definition) is 1. The van der Waals surface area contributed by atoms with Gasteiger partial charge in [-0.3, -0.25) is 4.79 Å². The Labute approximate surface area is 267 Å². The summed E-state index contributed by atoms with van der Waals surface area (Å²) in [6, 6.07) is 23.5. The molecular formula is C36H35F2N3O3S. The van der Waals surface area contributed by atoms with E-state index in [9.17, 15) is 18.4 Å². The van der Waals surface area contributed by atoms with Gasteiger partial charge in [0.15, 0.2) is 0 Å². The molecule has 0 aliphatic carbocycles. The van der Waals surface area contributed by atoms with Crippen molar-refractivity contribution in [3.05, 3.63) is 136 Å². The van der Waals surface area contributed by atoms with Crippen LogP contribution in [0.4, 0.5) is 14.5 Å². The third-order valence-electron chi connectivity index (χ3n) is 7.40. The molecule has 4 aromatic rings. The lowest BCUT2D eigenvalue weighted by molar-refractivity contribution is -0.142. The minimum absolute atomic E-state index is 0.217. The maximum atomic E-state index is 14.1. The largest absolute Gasteiger partial charge is 0.467 e. The van der Waals surface area contributed by atoms with Crippen molar-refractivity contribution < 1.29 is 23.1 Å². The van der Waals surface area contributed by atoms with Crippen LogP contribution in [-0.4, -0.2) is 37.0 Å². The molecule has 6 nitrogen and oxygen atoms in total. The number of aryl methyl sites for hydroxylation is 1. The first kappa shape index (κ1) is 33.2. The van der Waals surface area contributed by atoms with Gasteiger partial charge in [-0.25, -0.2) is 20.1 Å². The molecule has 45 heavy (non-hydrogen) atoms. The van der Waals surface area contributed by atoms with Crippen molar-refractivity contribution in [3.63, 3.8) is 0 Å². The van der Waals surface area contributed by atoms with Crippen molar-refractivity contribution in [2.75, 3.05) is 24.0 Å². The Bertz CT molecular complexity index is 1670. The lowest BCUT2D eigenvalue weighted by atomic mass is 9.93. The molecule has 0 heterocycles. The van der Waals surface area contributed by atoms with Crippen LogP contribution in [0.3, 0.4) is 0 Å². The van der Waals surface area contributed by atoms with Crippen molar-refractivity contribution in [1.82, 2.24) is 5.32 Å². The number of halogens is 2. The lowest BCUT2D eigenvalue weighted by Crippen LogP contribution is -2.42. The van der Waals surface area contributed by atoms with Gasteiger partial charge in [0, 0.05) is 36.0 Å². The molecule has 0 unspecified atom stereocenters. The van der Waals surface area contributed by atoms with Crippen LogP contribution in [0.5, 0.6) is 0 Å². The summed E-state index contributed by atoms with van der Waals surface area (Å²) in [5.74, 6) is -1.53. The van der Waals surface area contributed by atoms with Gasteiger partial charge in [-0.05, 0) is 102 Å². The molecule has 1 atom stereocenters. The van der Waals surface area contributed by atoms with Crippen LogP contribution in [0, 0.1) is 25.1 Å². The molecule has 232 valence electrons. The average Bonchev–Trinajstić information content (AvgIpc) is 3.02. The number of thioether (sulfide) groups is 1. The number of anilines is 1. The van der Waals surface area contributed by atoms with E-state index in [4.69, 9.17) is 11.3 Å². The molecule has 0 radical (unpaired) electrons. The van der Waals surface area contributed by atoms with Crippen molar-refractivity contribution >= 4 is 29.3 Å². The van der Waals surface area contributed by atoms with Crippen LogP contribution in [-0.2, 0) is 29.2 Å². The zero-order chi connectivity index (χ0) is 32.3. The number of rotatable bonds is 13. The van der Waals surface area contributed by atoms with Gasteiger partial charge in [-0.15, -0.1) is 0 Å². The first-order chi connectivity index (χ1) is 21.7. The van der Waals surface area contributed by atoms with Gasteiger partial charge < -0.3 is 19.8 Å². The first-order valence-corrected chi connectivity index (χ1v) is 15.8. The van der Waals surface area contributed by atoms with Gasteiger partial charge in [-0.2, -0.15) is 11.8 Å². The number of carbonyl (C=O) groups is 2. The Morgan fingerprint density at radius 1 is 0.911 bits per heavy atom. The van der Waals surface area contributed by atoms with E-state index in [1.54, 1.807) is 17.8 Å². The summed E-state index contributed by atoms with van der Waals surface area (Å²) in [4.78, 5) is 31.5. The molecule has 0 spiro atoms.